The average Bonchev–Trinajstić information content (AvgIpc) is 3.53. The van der Waals surface area contributed by atoms with Gasteiger partial charge in [-0.15, -0.1) is 0 Å². The second-order valence-electron chi connectivity index (χ2n) is 10.2. The molecule has 1 saturated carbocycles. The summed E-state index contributed by atoms with van der Waals surface area (Å²) in [5, 5.41) is 15.4. The van der Waals surface area contributed by atoms with Crippen molar-refractivity contribution in [3.05, 3.63) is 53.5 Å². The largest absolute Gasteiger partial charge is 0.493 e. The van der Waals surface area contributed by atoms with E-state index < -0.39 is 11.9 Å². The number of aromatic hydroxyl groups is 1. The van der Waals surface area contributed by atoms with Crippen LogP contribution in [-0.2, 0) is 26.2 Å². The number of aromatic nitrogens is 7. The van der Waals surface area contributed by atoms with Gasteiger partial charge in [-0.1, -0.05) is 0 Å². The summed E-state index contributed by atoms with van der Waals surface area (Å²) in [5.41, 5.74) is 3.77. The van der Waals surface area contributed by atoms with Crippen LogP contribution in [-0.4, -0.2) is 45.9 Å². The summed E-state index contributed by atoms with van der Waals surface area (Å²) in [7, 11) is 1.90. The van der Waals surface area contributed by atoms with Crippen LogP contribution >= 0.6 is 0 Å². The van der Waals surface area contributed by atoms with Gasteiger partial charge in [-0.2, -0.15) is 18.3 Å². The van der Waals surface area contributed by atoms with Gasteiger partial charge in [0, 0.05) is 67.7 Å². The van der Waals surface area contributed by atoms with E-state index in [0.717, 1.165) is 42.4 Å². The van der Waals surface area contributed by atoms with Crippen molar-refractivity contribution in [2.45, 2.75) is 57.8 Å². The second kappa shape index (κ2) is 8.81. The van der Waals surface area contributed by atoms with Gasteiger partial charge in [-0.3, -0.25) is 4.68 Å². The Labute approximate surface area is 217 Å². The zero-order valence-corrected chi connectivity index (χ0v) is 21.2. The third-order valence-electron chi connectivity index (χ3n) is 7.21. The minimum Gasteiger partial charge on any atom is -0.493 e. The zero-order valence-electron chi connectivity index (χ0n) is 21.2. The molecule has 6 rings (SSSR count). The zero-order chi connectivity index (χ0) is 26.8. The van der Waals surface area contributed by atoms with Crippen LogP contribution in [0.1, 0.15) is 61.3 Å². The first-order chi connectivity index (χ1) is 18.1. The maximum absolute atomic E-state index is 13.3. The van der Waals surface area contributed by atoms with Crippen LogP contribution in [0.4, 0.5) is 19.0 Å². The highest BCUT2D eigenvalue weighted by Gasteiger charge is 2.36. The SMILES string of the molecule is CC(C)n1cc(C(F)(F)F)nc1-c1ccc(N2CCc3c(c(-c4c(O)ncnc4C4CC4)nn3C)C2)nc1. The summed E-state index contributed by atoms with van der Waals surface area (Å²) < 4.78 is 43.3. The van der Waals surface area contributed by atoms with Gasteiger partial charge < -0.3 is 14.6 Å². The summed E-state index contributed by atoms with van der Waals surface area (Å²) in [6.07, 6.45) is 2.26. The molecule has 9 nitrogen and oxygen atoms in total. The number of nitrogens with zero attached hydrogens (tertiary/aromatic N) is 8. The molecule has 0 atom stereocenters. The fourth-order valence-corrected chi connectivity index (χ4v) is 5.11. The number of rotatable bonds is 5. The van der Waals surface area contributed by atoms with Gasteiger partial charge in [0.05, 0.1) is 11.3 Å². The Morgan fingerprint density at radius 1 is 1.11 bits per heavy atom. The van der Waals surface area contributed by atoms with Gasteiger partial charge >= 0.3 is 6.18 Å². The lowest BCUT2D eigenvalue weighted by Crippen LogP contribution is -2.31. The first kappa shape index (κ1) is 24.4. The smallest absolute Gasteiger partial charge is 0.434 e. The van der Waals surface area contributed by atoms with Gasteiger partial charge in [-0.25, -0.2) is 19.9 Å². The molecule has 0 aromatic carbocycles. The van der Waals surface area contributed by atoms with E-state index in [1.165, 1.54) is 10.9 Å². The molecule has 4 aromatic rings. The lowest BCUT2D eigenvalue weighted by molar-refractivity contribution is -0.140. The third-order valence-corrected chi connectivity index (χ3v) is 7.21. The molecule has 0 bridgehead atoms. The summed E-state index contributed by atoms with van der Waals surface area (Å²) in [6.45, 7) is 4.84. The molecule has 38 heavy (non-hydrogen) atoms. The Morgan fingerprint density at radius 2 is 1.89 bits per heavy atom. The summed E-state index contributed by atoms with van der Waals surface area (Å²) >= 11 is 0. The first-order valence-corrected chi connectivity index (χ1v) is 12.6. The Kier molecular flexibility index (Phi) is 5.65. The molecule has 1 fully saturated rings. The van der Waals surface area contributed by atoms with Crippen LogP contribution in [0.5, 0.6) is 5.88 Å². The van der Waals surface area contributed by atoms with Crippen LogP contribution in [0, 0.1) is 0 Å². The molecule has 4 aromatic heterocycles. The lowest BCUT2D eigenvalue weighted by Gasteiger charge is -2.29. The fraction of sp³-hybridized carbons (Fsp3) is 0.423. The van der Waals surface area contributed by atoms with E-state index in [4.69, 9.17) is 5.10 Å². The number of halogens is 3. The normalized spacial score (nSPS) is 15.8. The van der Waals surface area contributed by atoms with E-state index in [2.05, 4.69) is 24.8 Å². The van der Waals surface area contributed by atoms with Crippen LogP contribution in [0.25, 0.3) is 22.6 Å². The Balaban J connectivity index is 1.32. The number of fused-ring (bicyclic) bond motifs is 1. The Bertz CT molecular complexity index is 1500. The van der Waals surface area contributed by atoms with Crippen molar-refractivity contribution in [2.24, 2.45) is 7.05 Å². The number of aryl methyl sites for hydroxylation is 1. The highest BCUT2D eigenvalue weighted by Crippen LogP contribution is 2.46. The first-order valence-electron chi connectivity index (χ1n) is 12.6. The van der Waals surface area contributed by atoms with Crippen LogP contribution in [0.15, 0.2) is 30.9 Å². The van der Waals surface area contributed by atoms with Gasteiger partial charge in [0.25, 0.3) is 0 Å². The number of alkyl halides is 3. The highest BCUT2D eigenvalue weighted by molar-refractivity contribution is 5.73. The summed E-state index contributed by atoms with van der Waals surface area (Å²) in [5.74, 6) is 1.17. The molecule has 5 heterocycles. The molecule has 1 N–H and O–H groups in total. The number of anilines is 1. The number of hydrogen-bond acceptors (Lipinski definition) is 7. The van der Waals surface area contributed by atoms with E-state index in [1.54, 1.807) is 12.3 Å². The number of imidazole rings is 1. The number of hydrogen-bond donors (Lipinski definition) is 1. The van der Waals surface area contributed by atoms with Crippen molar-refractivity contribution in [3.63, 3.8) is 0 Å². The number of pyridine rings is 1. The predicted octanol–water partition coefficient (Wildman–Crippen LogP) is 4.88. The predicted molar refractivity (Wildman–Crippen MR) is 133 cm³/mol. The molecule has 198 valence electrons. The molecule has 12 heteroatoms. The van der Waals surface area contributed by atoms with Crippen molar-refractivity contribution >= 4 is 5.82 Å². The van der Waals surface area contributed by atoms with Gasteiger partial charge in [-0.05, 0) is 38.8 Å². The van der Waals surface area contributed by atoms with Crippen molar-refractivity contribution in [1.29, 1.82) is 0 Å². The van der Waals surface area contributed by atoms with Gasteiger partial charge in [0.1, 0.15) is 23.7 Å². The van der Waals surface area contributed by atoms with Crippen molar-refractivity contribution in [2.75, 3.05) is 11.4 Å². The lowest BCUT2D eigenvalue weighted by atomic mass is 9.99. The van der Waals surface area contributed by atoms with E-state index in [0.29, 0.717) is 41.6 Å². The molecule has 0 spiro atoms. The molecular formula is C26H27F3N8O. The standard InChI is InChI=1S/C26H27F3N8O/c1-14(2)37-12-19(26(27,28)29)33-24(37)16-6-7-20(30-10-16)36-9-8-18-17(11-36)23(34-35(18)3)21-22(15-4-5-15)31-13-32-25(21)38/h6-7,10,12-15H,4-5,8-9,11H2,1-3H3,(H,31,32,38). The van der Waals surface area contributed by atoms with Crippen LogP contribution in [0.2, 0.25) is 0 Å². The monoisotopic (exact) mass is 524 g/mol. The second-order valence-corrected chi connectivity index (χ2v) is 10.2. The Morgan fingerprint density at radius 3 is 2.55 bits per heavy atom. The van der Waals surface area contributed by atoms with E-state index in [1.807, 2.05) is 31.6 Å². The summed E-state index contributed by atoms with van der Waals surface area (Å²) in [4.78, 5) is 19.1. The molecule has 1 aliphatic carbocycles. The molecule has 0 saturated heterocycles. The molecule has 2 aliphatic rings. The third kappa shape index (κ3) is 4.17. The maximum atomic E-state index is 13.3. The molecule has 0 unspecified atom stereocenters. The Hall–Kier alpha value is -3.96. The van der Waals surface area contributed by atoms with E-state index in [9.17, 15) is 18.3 Å². The molecule has 1 aliphatic heterocycles. The maximum Gasteiger partial charge on any atom is 0.434 e. The molecule has 0 radical (unpaired) electrons. The van der Waals surface area contributed by atoms with E-state index >= 15 is 0 Å². The minimum absolute atomic E-state index is 0.0683. The van der Waals surface area contributed by atoms with Crippen LogP contribution < -0.4 is 4.90 Å². The molecular weight excluding hydrogens is 497 g/mol. The highest BCUT2D eigenvalue weighted by atomic mass is 19.4. The van der Waals surface area contributed by atoms with Gasteiger partial charge in [0.15, 0.2) is 5.69 Å². The topological polar surface area (TPSA) is 97.8 Å². The van der Waals surface area contributed by atoms with Gasteiger partial charge in [0.2, 0.25) is 5.88 Å². The minimum atomic E-state index is -4.52. The summed E-state index contributed by atoms with van der Waals surface area (Å²) in [6, 6.07) is 3.37. The average molecular weight is 525 g/mol. The quantitative estimate of drug-likeness (QED) is 0.397. The molecule has 0 amide bonds. The fourth-order valence-electron chi connectivity index (χ4n) is 5.11. The van der Waals surface area contributed by atoms with E-state index in [-0.39, 0.29) is 17.7 Å². The van der Waals surface area contributed by atoms with Crippen LogP contribution in [0.3, 0.4) is 0 Å². The van der Waals surface area contributed by atoms with Crippen molar-refractivity contribution in [1.82, 2.24) is 34.3 Å². The van der Waals surface area contributed by atoms with Crippen molar-refractivity contribution in [3.8, 4) is 28.5 Å². The van der Waals surface area contributed by atoms with Crippen molar-refractivity contribution < 1.29 is 18.3 Å².